The monoisotopic (exact) mass is 304 g/mol. The maximum Gasteiger partial charge on any atom is 0.227 e. The van der Waals surface area contributed by atoms with Crippen molar-refractivity contribution >= 4 is 0 Å². The minimum Gasteiger partial charge on any atom is -0.396 e. The Morgan fingerprint density at radius 3 is 2.48 bits per heavy atom. The van der Waals surface area contributed by atoms with Crippen molar-refractivity contribution in [2.45, 2.75) is 75.9 Å². The van der Waals surface area contributed by atoms with E-state index < -0.39 is 29.6 Å². The molecular weight excluding hydrogens is 280 g/mol. The van der Waals surface area contributed by atoms with Crippen molar-refractivity contribution in [1.82, 2.24) is 0 Å². The zero-order valence-corrected chi connectivity index (χ0v) is 12.9. The van der Waals surface area contributed by atoms with Crippen molar-refractivity contribution in [3.63, 3.8) is 0 Å². The number of fused-ring (bicyclic) bond motifs is 3. The summed E-state index contributed by atoms with van der Waals surface area (Å²) in [5.41, 5.74) is 0. The van der Waals surface area contributed by atoms with Crippen LogP contribution in [0.2, 0.25) is 0 Å². The van der Waals surface area contributed by atoms with Crippen LogP contribution in [0.5, 0.6) is 0 Å². The van der Waals surface area contributed by atoms with Crippen molar-refractivity contribution in [2.75, 3.05) is 13.2 Å². The van der Waals surface area contributed by atoms with Gasteiger partial charge < -0.3 is 33.9 Å². The minimum atomic E-state index is -1.34. The lowest BCUT2D eigenvalue weighted by molar-refractivity contribution is -0.319. The molecule has 2 N–H and O–H groups in total. The summed E-state index contributed by atoms with van der Waals surface area (Å²) in [6.45, 7) is 7.26. The molecule has 0 aromatic rings. The molecule has 0 saturated carbocycles. The van der Waals surface area contributed by atoms with Crippen LogP contribution in [0.1, 0.15) is 34.1 Å². The second kappa shape index (κ2) is 4.86. The van der Waals surface area contributed by atoms with Gasteiger partial charge in [0.1, 0.15) is 24.4 Å². The predicted octanol–water partition coefficient (Wildman–Crippen LogP) is 0.128. The number of rotatable bonds is 3. The molecule has 3 heterocycles. The van der Waals surface area contributed by atoms with Crippen molar-refractivity contribution < 1.29 is 33.9 Å². The highest BCUT2D eigenvalue weighted by Crippen LogP contribution is 2.49. The van der Waals surface area contributed by atoms with Gasteiger partial charge in [0.25, 0.3) is 0 Å². The van der Waals surface area contributed by atoms with E-state index in [0.717, 1.165) is 0 Å². The Hall–Kier alpha value is -0.280. The predicted molar refractivity (Wildman–Crippen MR) is 70.3 cm³/mol. The van der Waals surface area contributed by atoms with Crippen molar-refractivity contribution in [1.29, 1.82) is 0 Å². The summed E-state index contributed by atoms with van der Waals surface area (Å²) in [6, 6.07) is 0. The van der Waals surface area contributed by atoms with Crippen LogP contribution in [0, 0.1) is 0 Å². The maximum absolute atomic E-state index is 10.4. The van der Waals surface area contributed by atoms with E-state index in [1.165, 1.54) is 0 Å². The molecule has 7 nitrogen and oxygen atoms in total. The van der Waals surface area contributed by atoms with Crippen LogP contribution in [0.25, 0.3) is 0 Å². The number of aliphatic hydroxyl groups excluding tert-OH is 2. The molecule has 5 atom stereocenters. The molecule has 0 aromatic heterocycles. The quantitative estimate of drug-likeness (QED) is 0.766. The summed E-state index contributed by atoms with van der Waals surface area (Å²) in [6.07, 6.45) is -2.14. The molecule has 122 valence electrons. The largest absolute Gasteiger partial charge is 0.396 e. The zero-order valence-electron chi connectivity index (χ0n) is 12.9. The highest BCUT2D eigenvalue weighted by Gasteiger charge is 2.67. The van der Waals surface area contributed by atoms with Crippen molar-refractivity contribution in [2.24, 2.45) is 0 Å². The first-order chi connectivity index (χ1) is 9.69. The highest BCUT2D eigenvalue weighted by atomic mass is 16.9. The zero-order chi connectivity index (χ0) is 15.5. The van der Waals surface area contributed by atoms with E-state index in [0.29, 0.717) is 0 Å². The van der Waals surface area contributed by atoms with E-state index in [4.69, 9.17) is 28.8 Å². The van der Waals surface area contributed by atoms with Gasteiger partial charge in [0.15, 0.2) is 11.6 Å². The molecule has 0 aromatic carbocycles. The molecule has 1 unspecified atom stereocenters. The molecule has 0 amide bonds. The van der Waals surface area contributed by atoms with Gasteiger partial charge in [-0.15, -0.1) is 0 Å². The maximum atomic E-state index is 10.4. The van der Waals surface area contributed by atoms with Crippen LogP contribution >= 0.6 is 0 Å². The summed E-state index contributed by atoms with van der Waals surface area (Å²) >= 11 is 0. The van der Waals surface area contributed by atoms with Gasteiger partial charge in [0, 0.05) is 13.0 Å². The molecule has 0 aliphatic carbocycles. The first-order valence-corrected chi connectivity index (χ1v) is 7.36. The summed E-state index contributed by atoms with van der Waals surface area (Å²) in [4.78, 5) is 0. The third-order valence-corrected chi connectivity index (χ3v) is 4.07. The summed E-state index contributed by atoms with van der Waals surface area (Å²) in [5.74, 6) is -2.98. The molecule has 3 aliphatic rings. The van der Waals surface area contributed by atoms with Gasteiger partial charge in [0.05, 0.1) is 6.61 Å². The first-order valence-electron chi connectivity index (χ1n) is 7.36. The van der Waals surface area contributed by atoms with Crippen LogP contribution < -0.4 is 0 Å². The number of aliphatic hydroxyl groups is 2. The van der Waals surface area contributed by atoms with Crippen molar-refractivity contribution in [3.05, 3.63) is 0 Å². The van der Waals surface area contributed by atoms with Crippen LogP contribution in [0.3, 0.4) is 0 Å². The Bertz CT molecular complexity index is 410. The molecule has 3 fully saturated rings. The molecule has 21 heavy (non-hydrogen) atoms. The van der Waals surface area contributed by atoms with Crippen LogP contribution in [-0.2, 0) is 23.7 Å². The second-order valence-corrected chi connectivity index (χ2v) is 6.74. The standard InChI is InChI=1S/C14H24O7/c1-12(2)18-8-7-17-14(9(16)5-6-15)11(10(8)19-12)20-13(3,4)21-14/h8-11,15-16H,5-7H2,1-4H3/t8-,9+,10?,11+,14+/m1/s1. The average Bonchev–Trinajstić information content (AvgIpc) is 2.81. The Morgan fingerprint density at radius 1 is 1.10 bits per heavy atom. The number of hydrogen-bond acceptors (Lipinski definition) is 7. The lowest BCUT2D eigenvalue weighted by Crippen LogP contribution is -2.63. The smallest absolute Gasteiger partial charge is 0.227 e. The lowest BCUT2D eigenvalue weighted by atomic mass is 9.91. The molecule has 3 rings (SSSR count). The fourth-order valence-electron chi connectivity index (χ4n) is 3.40. The Kier molecular flexibility index (Phi) is 3.61. The first kappa shape index (κ1) is 15.6. The Labute approximate surface area is 124 Å². The Morgan fingerprint density at radius 2 is 1.81 bits per heavy atom. The van der Waals surface area contributed by atoms with Crippen LogP contribution in [-0.4, -0.2) is 65.2 Å². The number of ether oxygens (including phenoxy) is 5. The highest BCUT2D eigenvalue weighted by molar-refractivity contribution is 5.06. The van der Waals surface area contributed by atoms with Gasteiger partial charge in [-0.2, -0.15) is 0 Å². The van der Waals surface area contributed by atoms with Gasteiger partial charge in [-0.3, -0.25) is 0 Å². The van der Waals surface area contributed by atoms with Gasteiger partial charge in [-0.25, -0.2) is 0 Å². The third kappa shape index (κ3) is 2.50. The normalized spacial score (nSPS) is 45.1. The molecule has 0 radical (unpaired) electrons. The van der Waals surface area contributed by atoms with E-state index in [1.807, 2.05) is 13.8 Å². The van der Waals surface area contributed by atoms with Crippen molar-refractivity contribution in [3.8, 4) is 0 Å². The molecule has 0 bridgehead atoms. The second-order valence-electron chi connectivity index (χ2n) is 6.74. The summed E-state index contributed by atoms with van der Waals surface area (Å²) in [5, 5.41) is 19.5. The fraction of sp³-hybridized carbons (Fsp3) is 1.00. The molecular formula is C14H24O7. The van der Waals surface area contributed by atoms with Gasteiger partial charge in [-0.05, 0) is 27.7 Å². The third-order valence-electron chi connectivity index (χ3n) is 4.07. The minimum absolute atomic E-state index is 0.136. The van der Waals surface area contributed by atoms with Crippen LogP contribution in [0.15, 0.2) is 0 Å². The molecule has 7 heteroatoms. The Balaban J connectivity index is 1.91. The average molecular weight is 304 g/mol. The van der Waals surface area contributed by atoms with E-state index in [-0.39, 0.29) is 31.8 Å². The molecule has 3 saturated heterocycles. The van der Waals surface area contributed by atoms with E-state index in [9.17, 15) is 5.11 Å². The van der Waals surface area contributed by atoms with Gasteiger partial charge in [-0.1, -0.05) is 0 Å². The molecule has 3 aliphatic heterocycles. The summed E-state index contributed by atoms with van der Waals surface area (Å²) in [7, 11) is 0. The van der Waals surface area contributed by atoms with E-state index >= 15 is 0 Å². The topological polar surface area (TPSA) is 86.6 Å². The van der Waals surface area contributed by atoms with Crippen LogP contribution in [0.4, 0.5) is 0 Å². The van der Waals surface area contributed by atoms with Gasteiger partial charge in [0.2, 0.25) is 5.79 Å². The van der Waals surface area contributed by atoms with E-state index in [2.05, 4.69) is 0 Å². The number of hydrogen-bond donors (Lipinski definition) is 2. The summed E-state index contributed by atoms with van der Waals surface area (Å²) < 4.78 is 29.4. The lowest BCUT2D eigenvalue weighted by Gasteiger charge is -2.43. The molecule has 0 spiro atoms. The SMILES string of the molecule is CC1(C)OC2[C@@H](CO[C@@]3([C@@H](O)CCO)OC(C)(C)O[C@@H]23)O1. The van der Waals surface area contributed by atoms with Gasteiger partial charge >= 0.3 is 0 Å². The fourth-order valence-corrected chi connectivity index (χ4v) is 3.40. The van der Waals surface area contributed by atoms with E-state index in [1.54, 1.807) is 13.8 Å².